The molecule has 4 nitrogen and oxygen atoms in total. The Morgan fingerprint density at radius 1 is 0.950 bits per heavy atom. The maximum atomic E-state index is 6.20. The fourth-order valence-electron chi connectivity index (χ4n) is 4.69. The minimum absolute atomic E-state index is 0.178. The molecule has 0 amide bonds. The molecule has 1 heterocycles. The van der Waals surface area contributed by atoms with Crippen molar-refractivity contribution in [2.45, 2.75) is 40.7 Å². The molecule has 40 heavy (non-hydrogen) atoms. The van der Waals surface area contributed by atoms with Crippen molar-refractivity contribution in [2.75, 3.05) is 36.2 Å². The summed E-state index contributed by atoms with van der Waals surface area (Å²) in [6, 6.07) is 15.8. The zero-order valence-electron chi connectivity index (χ0n) is 23.8. The third kappa shape index (κ3) is 9.26. The van der Waals surface area contributed by atoms with Crippen molar-refractivity contribution in [1.29, 1.82) is 0 Å². The molecule has 1 aliphatic rings. The van der Waals surface area contributed by atoms with Crippen LogP contribution in [0.5, 0.6) is 5.75 Å². The van der Waals surface area contributed by atoms with Gasteiger partial charge in [0.15, 0.2) is 0 Å². The Morgan fingerprint density at radius 2 is 1.57 bits per heavy atom. The van der Waals surface area contributed by atoms with E-state index in [1.165, 1.54) is 22.4 Å². The van der Waals surface area contributed by atoms with E-state index >= 15 is 0 Å². The fourth-order valence-corrected chi connectivity index (χ4v) is 7.30. The van der Waals surface area contributed by atoms with Crippen LogP contribution in [0.3, 0.4) is 0 Å². The molecule has 0 radical (unpaired) electrons. The van der Waals surface area contributed by atoms with Gasteiger partial charge in [-0.25, -0.2) is 0 Å². The van der Waals surface area contributed by atoms with Crippen LogP contribution in [0.1, 0.15) is 36.1 Å². The van der Waals surface area contributed by atoms with Gasteiger partial charge in [0.05, 0.1) is 0 Å². The predicted octanol–water partition coefficient (Wildman–Crippen LogP) is 9.62. The number of aliphatic hydroxyl groups is 1. The Hall–Kier alpha value is -0.977. The standard InChI is InChI=1S/C17H17Cl2NO.C13H19N2S.2ClH.Ru/c1-11(2)21-17-8-6-14(19)10-16(17)20(4)15-7-5-13(18)9-12(15)3;1-10-7-11(2)13(12(3)8-10)14-5-6-15(9-14)16-4;;;/h3,5-11H,1-2,4H3;7-9H,5-6H2,1-4H3;2*1H;/q;-1;;;+2/p-1. The number of ether oxygens (including phenoxy) is 1. The summed E-state index contributed by atoms with van der Waals surface area (Å²) in [5, 5.41) is 1.29. The Kier molecular flexibility index (Phi) is 13.0. The summed E-state index contributed by atoms with van der Waals surface area (Å²) in [4.78, 5) is 4.39. The molecule has 10 heteroatoms. The Bertz CT molecular complexity index is 1330. The molecule has 0 unspecified atom stereocenters. The first-order chi connectivity index (χ1) is 18.9. The number of hydrogen-bond acceptors (Lipinski definition) is 4. The van der Waals surface area contributed by atoms with E-state index in [4.69, 9.17) is 42.6 Å². The van der Waals surface area contributed by atoms with Gasteiger partial charge in [-0.2, -0.15) is 6.67 Å². The van der Waals surface area contributed by atoms with Crippen LogP contribution in [0.4, 0.5) is 17.1 Å². The van der Waals surface area contributed by atoms with Gasteiger partial charge in [0, 0.05) is 12.2 Å². The normalized spacial score (nSPS) is 13.7. The van der Waals surface area contributed by atoms with Crippen LogP contribution in [0, 0.1) is 27.4 Å². The van der Waals surface area contributed by atoms with Crippen molar-refractivity contribution in [2.24, 2.45) is 0 Å². The van der Waals surface area contributed by atoms with Crippen LogP contribution >= 0.6 is 54.5 Å². The van der Waals surface area contributed by atoms with Crippen molar-refractivity contribution in [1.82, 2.24) is 4.31 Å². The van der Waals surface area contributed by atoms with E-state index < -0.39 is 13.5 Å². The van der Waals surface area contributed by atoms with Gasteiger partial charge in [0.1, 0.15) is 0 Å². The number of aryl methyl sites for hydroxylation is 3. The number of anilines is 3. The van der Waals surface area contributed by atoms with Crippen LogP contribution in [0.2, 0.25) is 10.0 Å². The summed E-state index contributed by atoms with van der Waals surface area (Å²) >= 11 is 12.1. The summed E-state index contributed by atoms with van der Waals surface area (Å²) in [7, 11) is 14.1. The van der Waals surface area contributed by atoms with Gasteiger partial charge in [-0.3, -0.25) is 0 Å². The van der Waals surface area contributed by atoms with Gasteiger partial charge >= 0.3 is 166 Å². The first kappa shape index (κ1) is 33.5. The molecule has 1 aliphatic heterocycles. The number of rotatable bonds is 7. The molecular formula is C30H37Cl4N3ORuS. The maximum absolute atomic E-state index is 6.20. The molecule has 0 aromatic heterocycles. The van der Waals surface area contributed by atoms with Gasteiger partial charge < -0.3 is 9.21 Å². The second kappa shape index (κ2) is 15.5. The molecule has 0 aliphatic carbocycles. The number of halogens is 4. The van der Waals surface area contributed by atoms with E-state index in [0.717, 1.165) is 35.8 Å². The molecule has 0 spiro atoms. The van der Waals surface area contributed by atoms with Crippen molar-refractivity contribution in [3.8, 4) is 5.75 Å². The third-order valence-corrected chi connectivity index (χ3v) is 9.27. The molecule has 3 aromatic carbocycles. The monoisotopic (exact) mass is 729 g/mol. The summed E-state index contributed by atoms with van der Waals surface area (Å²) < 4.78 is 8.84. The van der Waals surface area contributed by atoms with Crippen molar-refractivity contribution < 1.29 is 18.3 Å². The second-order valence-corrected chi connectivity index (χ2v) is 17.2. The molecule has 1 saturated heterocycles. The first-order valence-corrected chi connectivity index (χ1v) is 20.2. The molecule has 1 fully saturated rings. The molecule has 4 rings (SSSR count). The van der Waals surface area contributed by atoms with Gasteiger partial charge in [-0.1, -0.05) is 17.7 Å². The Morgan fingerprint density at radius 3 is 2.15 bits per heavy atom. The maximum Gasteiger partial charge on any atom is 0.0142 e. The molecule has 0 bridgehead atoms. The largest absolute Gasteiger partial charge is 0.506 e. The van der Waals surface area contributed by atoms with Crippen LogP contribution in [-0.4, -0.2) is 46.1 Å². The Balaban J connectivity index is 0.000000238. The van der Waals surface area contributed by atoms with E-state index in [2.05, 4.69) is 59.8 Å². The number of hydrogen-bond donors (Lipinski definition) is 0. The second-order valence-electron chi connectivity index (χ2n) is 9.80. The van der Waals surface area contributed by atoms with E-state index in [-0.39, 0.29) is 6.10 Å². The van der Waals surface area contributed by atoms with E-state index in [0.29, 0.717) is 10.0 Å². The van der Waals surface area contributed by atoms with Crippen LogP contribution in [0.25, 0.3) is 0 Å². The summed E-state index contributed by atoms with van der Waals surface area (Å²) in [6.07, 6.45) is 2.30. The average Bonchev–Trinajstić information content (AvgIpc) is 3.33. The Labute approximate surface area is 267 Å². The minimum atomic E-state index is -1.98. The molecule has 1 N–H and O–H groups in total. The van der Waals surface area contributed by atoms with Crippen LogP contribution < -0.4 is 9.80 Å². The predicted molar refractivity (Wildman–Crippen MR) is 177 cm³/mol. The van der Waals surface area contributed by atoms with E-state index in [9.17, 15) is 0 Å². The van der Waals surface area contributed by atoms with Gasteiger partial charge in [-0.05, 0) is 44.7 Å². The van der Waals surface area contributed by atoms with Gasteiger partial charge in [0.25, 0.3) is 0 Å². The summed E-state index contributed by atoms with van der Waals surface area (Å²) in [5.74, 6) is 0.878. The number of benzene rings is 3. The molecule has 3 aromatic rings. The molecule has 0 atom stereocenters. The number of nitrogens with zero attached hydrogens (tertiary/aromatic N) is 3. The van der Waals surface area contributed by atoms with Crippen molar-refractivity contribution in [3.05, 3.63) is 87.5 Å². The first-order valence-electron chi connectivity index (χ1n) is 12.8. The van der Waals surface area contributed by atoms with Crippen molar-refractivity contribution in [3.63, 3.8) is 0 Å². The molecule has 220 valence electrons. The summed E-state index contributed by atoms with van der Waals surface area (Å²) in [6.45, 7) is 15.0. The molecule has 0 saturated carbocycles. The SMILES string of the molecule is CC(C)[OH+]c1ccc(Cl)cc1N(C)c1ccc(Cl)cc1[CH]=[Ru]([Cl])[Cl].CSN1[CH-]N(c2c(C)cc(C)cc2C)CC1. The fraction of sp³-hybridized carbons (Fsp3) is 0.333. The number of aromatic hydroxyl groups is 1. The third-order valence-electron chi connectivity index (χ3n) is 6.22. The van der Waals surface area contributed by atoms with Crippen LogP contribution in [-0.2, 0) is 13.5 Å². The molecular weight excluding hydrogens is 693 g/mol. The summed E-state index contributed by atoms with van der Waals surface area (Å²) in [5.41, 5.74) is 8.23. The zero-order valence-corrected chi connectivity index (χ0v) is 29.4. The van der Waals surface area contributed by atoms with E-state index in [1.54, 1.807) is 11.9 Å². The minimum Gasteiger partial charge on any atom is -0.506 e. The van der Waals surface area contributed by atoms with Gasteiger partial charge in [-0.15, -0.1) is 11.9 Å². The van der Waals surface area contributed by atoms with Gasteiger partial charge in [0.2, 0.25) is 0 Å². The average molecular weight is 731 g/mol. The van der Waals surface area contributed by atoms with Crippen molar-refractivity contribution >= 4 is 76.2 Å². The van der Waals surface area contributed by atoms with E-state index in [1.807, 2.05) is 66.8 Å². The van der Waals surface area contributed by atoms with Crippen LogP contribution in [0.15, 0.2) is 48.5 Å². The topological polar surface area (TPSA) is 22.5 Å². The smallest absolute Gasteiger partial charge is 0.0142 e. The quantitative estimate of drug-likeness (QED) is 0.105. The zero-order chi connectivity index (χ0) is 29.6.